The Bertz CT molecular complexity index is 455. The summed E-state index contributed by atoms with van der Waals surface area (Å²) < 4.78 is 4.87. The molecule has 150 valence electrons. The van der Waals surface area contributed by atoms with Crippen molar-refractivity contribution in [1.82, 2.24) is 20.0 Å². The number of rotatable bonds is 6. The summed E-state index contributed by atoms with van der Waals surface area (Å²) in [6.45, 7) is 14.2. The van der Waals surface area contributed by atoms with E-state index in [9.17, 15) is 4.79 Å². The minimum absolute atomic E-state index is 0.0371. The average molecular weight is 368 g/mol. The minimum atomic E-state index is -0.0793. The Morgan fingerprint density at radius 3 is 2.31 bits per heavy atom. The number of piperidine rings is 1. The van der Waals surface area contributed by atoms with Crippen LogP contribution in [0.15, 0.2) is 4.99 Å². The number of hydrogen-bond donors (Lipinski definition) is 1. The van der Waals surface area contributed by atoms with Gasteiger partial charge in [0.1, 0.15) is 0 Å². The first-order valence-corrected chi connectivity index (χ1v) is 10.1. The lowest BCUT2D eigenvalue weighted by Crippen LogP contribution is -2.50. The van der Waals surface area contributed by atoms with Crippen LogP contribution in [0.5, 0.6) is 0 Å². The molecular weight excluding hydrogens is 330 g/mol. The zero-order valence-electron chi connectivity index (χ0n) is 17.0. The topological polar surface area (TPSA) is 60.4 Å². The van der Waals surface area contributed by atoms with Gasteiger partial charge in [0.05, 0.1) is 13.0 Å². The predicted octanol–water partition coefficient (Wildman–Crippen LogP) is 0.720. The fraction of sp³-hybridized carbons (Fsp3) is 0.895. The molecule has 0 bridgehead atoms. The standard InChI is InChI=1S/C19H37N5O2/c1-5-22-10-12-23(13-11-22)15-16(2)14-21-19(20-3)24-8-6-17(7-9-24)18(25)26-4/h16-17H,5-15H2,1-4H3,(H,20,21). The number of ether oxygens (including phenoxy) is 1. The second-order valence-electron chi connectivity index (χ2n) is 7.55. The number of nitrogens with one attached hydrogen (secondary N) is 1. The van der Waals surface area contributed by atoms with E-state index < -0.39 is 0 Å². The number of hydrogen-bond acceptors (Lipinski definition) is 5. The molecule has 1 unspecified atom stereocenters. The van der Waals surface area contributed by atoms with Gasteiger partial charge in [0.15, 0.2) is 5.96 Å². The summed E-state index contributed by atoms with van der Waals surface area (Å²) >= 11 is 0. The van der Waals surface area contributed by atoms with E-state index in [2.05, 4.69) is 38.9 Å². The molecule has 2 heterocycles. The lowest BCUT2D eigenvalue weighted by molar-refractivity contribution is -0.146. The number of esters is 1. The second kappa shape index (κ2) is 10.7. The number of methoxy groups -OCH3 is 1. The van der Waals surface area contributed by atoms with Crippen LogP contribution in [0.4, 0.5) is 0 Å². The van der Waals surface area contributed by atoms with Gasteiger partial charge < -0.3 is 24.8 Å². The van der Waals surface area contributed by atoms with Crippen LogP contribution in [-0.4, -0.2) is 99.7 Å². The number of carbonyl (C=O) groups excluding carboxylic acids is 1. The number of carbonyl (C=O) groups is 1. The lowest BCUT2D eigenvalue weighted by Gasteiger charge is -2.36. The molecule has 7 heteroatoms. The molecule has 0 spiro atoms. The Kier molecular flexibility index (Phi) is 8.65. The lowest BCUT2D eigenvalue weighted by atomic mass is 9.97. The van der Waals surface area contributed by atoms with Crippen LogP contribution in [0, 0.1) is 11.8 Å². The zero-order valence-corrected chi connectivity index (χ0v) is 17.0. The molecule has 2 fully saturated rings. The molecule has 0 amide bonds. The van der Waals surface area contributed by atoms with E-state index in [1.807, 2.05) is 7.05 Å². The third-order valence-electron chi connectivity index (χ3n) is 5.63. The molecule has 2 aliphatic heterocycles. The molecule has 1 atom stereocenters. The molecule has 0 radical (unpaired) electrons. The van der Waals surface area contributed by atoms with Gasteiger partial charge in [0, 0.05) is 59.4 Å². The molecule has 0 aromatic heterocycles. The first kappa shape index (κ1) is 21.0. The van der Waals surface area contributed by atoms with Crippen LogP contribution in [0.1, 0.15) is 26.7 Å². The SMILES string of the molecule is CCN1CCN(CC(C)CNC(=NC)N2CCC(C(=O)OC)CC2)CC1. The summed E-state index contributed by atoms with van der Waals surface area (Å²) in [5.74, 6) is 1.49. The van der Waals surface area contributed by atoms with E-state index in [1.165, 1.54) is 33.3 Å². The van der Waals surface area contributed by atoms with E-state index in [-0.39, 0.29) is 11.9 Å². The number of likely N-dealkylation sites (tertiary alicyclic amines) is 1. The number of guanidine groups is 1. The smallest absolute Gasteiger partial charge is 0.308 e. The van der Waals surface area contributed by atoms with Gasteiger partial charge in [-0.3, -0.25) is 9.79 Å². The van der Waals surface area contributed by atoms with E-state index in [0.717, 1.165) is 51.5 Å². The third kappa shape index (κ3) is 6.13. The van der Waals surface area contributed by atoms with Crippen molar-refractivity contribution in [2.24, 2.45) is 16.8 Å². The number of piperazine rings is 1. The summed E-state index contributed by atoms with van der Waals surface area (Å²) in [5, 5.41) is 3.53. The molecule has 1 N–H and O–H groups in total. The largest absolute Gasteiger partial charge is 0.469 e. The van der Waals surface area contributed by atoms with Crippen molar-refractivity contribution in [2.45, 2.75) is 26.7 Å². The number of aliphatic imine (C=N–C) groups is 1. The Morgan fingerprint density at radius 2 is 1.77 bits per heavy atom. The third-order valence-corrected chi connectivity index (χ3v) is 5.63. The van der Waals surface area contributed by atoms with E-state index in [0.29, 0.717) is 5.92 Å². The van der Waals surface area contributed by atoms with Gasteiger partial charge >= 0.3 is 5.97 Å². The molecule has 26 heavy (non-hydrogen) atoms. The second-order valence-corrected chi connectivity index (χ2v) is 7.55. The van der Waals surface area contributed by atoms with Crippen molar-refractivity contribution >= 4 is 11.9 Å². The maximum atomic E-state index is 11.7. The predicted molar refractivity (Wildman–Crippen MR) is 105 cm³/mol. The van der Waals surface area contributed by atoms with Crippen LogP contribution in [-0.2, 0) is 9.53 Å². The number of likely N-dealkylation sites (N-methyl/N-ethyl adjacent to an activating group) is 1. The Balaban J connectivity index is 1.69. The quantitative estimate of drug-likeness (QED) is 0.424. The van der Waals surface area contributed by atoms with Gasteiger partial charge in [0.2, 0.25) is 0 Å². The molecule has 0 saturated carbocycles. The maximum absolute atomic E-state index is 11.7. The van der Waals surface area contributed by atoms with Crippen molar-refractivity contribution in [1.29, 1.82) is 0 Å². The molecule has 2 saturated heterocycles. The van der Waals surface area contributed by atoms with Crippen molar-refractivity contribution in [3.8, 4) is 0 Å². The highest BCUT2D eigenvalue weighted by Crippen LogP contribution is 2.18. The first-order valence-electron chi connectivity index (χ1n) is 10.1. The maximum Gasteiger partial charge on any atom is 0.308 e. The Morgan fingerprint density at radius 1 is 1.15 bits per heavy atom. The fourth-order valence-electron chi connectivity index (χ4n) is 3.88. The summed E-state index contributed by atoms with van der Waals surface area (Å²) in [6.07, 6.45) is 1.68. The summed E-state index contributed by atoms with van der Waals surface area (Å²) in [5.41, 5.74) is 0. The van der Waals surface area contributed by atoms with Crippen LogP contribution >= 0.6 is 0 Å². The van der Waals surface area contributed by atoms with Crippen molar-refractivity contribution < 1.29 is 9.53 Å². The fourth-order valence-corrected chi connectivity index (χ4v) is 3.88. The van der Waals surface area contributed by atoms with Gasteiger partial charge in [-0.2, -0.15) is 0 Å². The molecule has 0 aliphatic carbocycles. The summed E-state index contributed by atoms with van der Waals surface area (Å²) in [7, 11) is 3.31. The molecule has 0 aromatic carbocycles. The highest BCUT2D eigenvalue weighted by molar-refractivity contribution is 5.80. The summed E-state index contributed by atoms with van der Waals surface area (Å²) in [6, 6.07) is 0. The molecule has 7 nitrogen and oxygen atoms in total. The van der Waals surface area contributed by atoms with Gasteiger partial charge in [-0.15, -0.1) is 0 Å². The Hall–Kier alpha value is -1.34. The highest BCUT2D eigenvalue weighted by Gasteiger charge is 2.27. The highest BCUT2D eigenvalue weighted by atomic mass is 16.5. The molecule has 2 aliphatic rings. The van der Waals surface area contributed by atoms with E-state index >= 15 is 0 Å². The van der Waals surface area contributed by atoms with Gasteiger partial charge in [-0.05, 0) is 25.3 Å². The van der Waals surface area contributed by atoms with Crippen LogP contribution in [0.25, 0.3) is 0 Å². The molecule has 0 aromatic rings. The molecule has 2 rings (SSSR count). The van der Waals surface area contributed by atoms with Crippen LogP contribution < -0.4 is 5.32 Å². The van der Waals surface area contributed by atoms with Crippen molar-refractivity contribution in [3.63, 3.8) is 0 Å². The molecular formula is C19H37N5O2. The average Bonchev–Trinajstić information content (AvgIpc) is 2.69. The van der Waals surface area contributed by atoms with Gasteiger partial charge in [-0.1, -0.05) is 13.8 Å². The van der Waals surface area contributed by atoms with Gasteiger partial charge in [-0.25, -0.2) is 0 Å². The zero-order chi connectivity index (χ0) is 18.9. The monoisotopic (exact) mass is 367 g/mol. The van der Waals surface area contributed by atoms with Gasteiger partial charge in [0.25, 0.3) is 0 Å². The first-order chi connectivity index (χ1) is 12.6. The normalized spacial score (nSPS) is 22.3. The van der Waals surface area contributed by atoms with E-state index in [4.69, 9.17) is 4.74 Å². The van der Waals surface area contributed by atoms with E-state index in [1.54, 1.807) is 0 Å². The van der Waals surface area contributed by atoms with Crippen LogP contribution in [0.2, 0.25) is 0 Å². The van der Waals surface area contributed by atoms with Crippen LogP contribution in [0.3, 0.4) is 0 Å². The summed E-state index contributed by atoms with van der Waals surface area (Å²) in [4.78, 5) is 23.4. The Labute approximate surface area is 158 Å². The minimum Gasteiger partial charge on any atom is -0.469 e. The number of nitrogens with zero attached hydrogens (tertiary/aromatic N) is 4. The van der Waals surface area contributed by atoms with Crippen molar-refractivity contribution in [3.05, 3.63) is 0 Å². The van der Waals surface area contributed by atoms with Crippen molar-refractivity contribution in [2.75, 3.05) is 73.1 Å².